The number of rotatable bonds is 0. The second-order valence-electron chi connectivity index (χ2n) is 42.7. The third-order valence-electron chi connectivity index (χ3n) is 33.0. The van der Waals surface area contributed by atoms with E-state index in [4.69, 9.17) is 39.5 Å². The van der Waals surface area contributed by atoms with Gasteiger partial charge in [0, 0.05) is 87.3 Å². The summed E-state index contributed by atoms with van der Waals surface area (Å²) in [6, 6.07) is 135. The SMILES string of the molecule is CC1(C)c2cccc(n2)-c2[c-]cc(cc2)CCCc2cccc3c2Oc2ccc(cc2C3)Cc2c[c-]c(cc2)-c2cccc1n2.CC1(C)c2cccc3c4ccc5[c-]c4c4nc(c(n4c23)C1(C)C)Cc1cccc2c1Cc1c(cccc1C2)CCCc1ccn(n1)-c1[c-]c(ccc1)O5.[Pt+2].[Pt+2].[Pt+2].[c-]1c2cccc1-n1c3[c-]c(ccc3c3ccccc31)-c1ccc(cn1)CCc1cccc3c1Cc1c(cccc1C3)CCc1ccc-2nc1. The van der Waals surface area contributed by atoms with Gasteiger partial charge in [-0.15, -0.1) is 155 Å². The summed E-state index contributed by atoms with van der Waals surface area (Å²) in [5, 5.41) is 10.6. The number of pyridine rings is 5. The zero-order valence-electron chi connectivity index (χ0n) is 84.6. The van der Waals surface area contributed by atoms with Crippen LogP contribution in [0.5, 0.6) is 23.0 Å². The molecule has 14 heteroatoms. The number of para-hydroxylation sites is 3. The van der Waals surface area contributed by atoms with Gasteiger partial charge in [-0.05, 0) is 278 Å². The minimum atomic E-state index is -0.383. The van der Waals surface area contributed by atoms with Crippen molar-refractivity contribution in [3.8, 4) is 79.4 Å². The van der Waals surface area contributed by atoms with E-state index < -0.39 is 0 Å². The van der Waals surface area contributed by atoms with Crippen molar-refractivity contribution in [2.75, 3.05) is 0 Å². The molecule has 0 unspecified atom stereocenters. The predicted molar refractivity (Wildman–Crippen MR) is 589 cm³/mol. The predicted octanol–water partition coefficient (Wildman–Crippen LogP) is 29.8. The Labute approximate surface area is 919 Å². The fourth-order valence-corrected chi connectivity index (χ4v) is 24.3. The van der Waals surface area contributed by atoms with Crippen LogP contribution >= 0.6 is 0 Å². The molecule has 14 aliphatic heterocycles. The number of aromatic nitrogens is 9. The van der Waals surface area contributed by atoms with Crippen LogP contribution in [0, 0.1) is 36.4 Å². The summed E-state index contributed by atoms with van der Waals surface area (Å²) in [5.41, 5.74) is 47.7. The van der Waals surface area contributed by atoms with Crippen molar-refractivity contribution in [1.29, 1.82) is 0 Å². The molecule has 8 aromatic heterocycles. The number of hydrogen-bond acceptors (Lipinski definition) is 8. The molecule has 150 heavy (non-hydrogen) atoms. The first-order valence-corrected chi connectivity index (χ1v) is 52.2. The number of nitrogens with zero attached hydrogens (tertiary/aromatic N) is 9. The Kier molecular flexibility index (Phi) is 25.9. The monoisotopic (exact) mass is 2480 g/mol. The fraction of sp³-hybridized carbons (Fsp3) is 0.191. The maximum atomic E-state index is 6.55. The first kappa shape index (κ1) is 97.6. The molecule has 0 saturated carbocycles. The topological polar surface area (TPSA) is 110 Å². The summed E-state index contributed by atoms with van der Waals surface area (Å²) in [6.07, 6.45) is 22.5. The third-order valence-corrected chi connectivity index (χ3v) is 33.0. The van der Waals surface area contributed by atoms with E-state index in [2.05, 4.69) is 390 Å². The molecule has 0 N–H and O–H groups in total. The summed E-state index contributed by atoms with van der Waals surface area (Å²) < 4.78 is 19.7. The van der Waals surface area contributed by atoms with Crippen LogP contribution in [0.15, 0.2) is 334 Å². The first-order chi connectivity index (χ1) is 72.0. The van der Waals surface area contributed by atoms with E-state index in [0.717, 1.165) is 227 Å². The Morgan fingerprint density at radius 1 is 0.340 bits per heavy atom. The summed E-state index contributed by atoms with van der Waals surface area (Å²) >= 11 is 0. The van der Waals surface area contributed by atoms with Gasteiger partial charge in [-0.25, -0.2) is 0 Å². The maximum Gasteiger partial charge on any atom is 2.00 e. The van der Waals surface area contributed by atoms with Gasteiger partial charge in [0.15, 0.2) is 0 Å². The molecule has 14 aromatic carbocycles. The smallest absolute Gasteiger partial charge is 0.503 e. The Hall–Kier alpha value is -14.4. The molecule has 0 saturated heterocycles. The van der Waals surface area contributed by atoms with Crippen LogP contribution in [-0.2, 0) is 176 Å². The molecule has 22 heterocycles. The molecule has 0 radical (unpaired) electrons. The van der Waals surface area contributed by atoms with Crippen LogP contribution in [0.2, 0.25) is 0 Å². The van der Waals surface area contributed by atoms with Gasteiger partial charge in [-0.2, -0.15) is 11.2 Å². The number of benzene rings is 14. The largest absolute Gasteiger partial charge is 2.00 e. The van der Waals surface area contributed by atoms with E-state index in [0.29, 0.717) is 11.5 Å². The molecule has 38 rings (SSSR count). The van der Waals surface area contributed by atoms with Gasteiger partial charge in [0.05, 0.1) is 17.0 Å². The number of hydrogen-bond donors (Lipinski definition) is 0. The van der Waals surface area contributed by atoms with E-state index in [-0.39, 0.29) is 79.4 Å². The van der Waals surface area contributed by atoms with Crippen LogP contribution < -0.4 is 9.47 Å². The standard InChI is InChI=1S/C48H40N4O.C46H33N3.C42H34N2O.3Pt/c1-47(2)42-19-9-18-38-37-21-20-36-27-41(37)46-49-43(45(48(47,3)4)52(46)44(38)42)25-32-14-6-13-31-24-30-12-5-10-29(39(30)28-40(31)32)11-7-15-33-22-23-51(50-33)34-16-8-17-35(26-34)53-36;1-2-13-45-39(12-1)40-21-20-37-26-46(40)49(45)38-11-5-10-36(25-38)43-22-16-30(28-47-43)14-18-32-6-3-8-34-24-35-9-4-7-33(42(35)27-41(32)34)19-15-31-17-23-44(37)48-29-31;1-42(2)39-13-5-11-36(43-39)31-20-15-28(16-21-31)7-3-8-33-9-4-10-34-27-35-26-30(19-24-38(35)45-41(33)34)25-29-17-22-32(23-18-29)37-12-6-14-40(42)44-37;;;/h5-6,8-10,12-14,16-23H,7,11,15,24-25,28H2,1-4H3;1-13,16-17,20-23,28-29H,14-15,18-19,24,27H2;4-6,9-20,22,24,26H,3,7-8,25,27H2,1-2H3;;;/q3*-2;3*+2. The zero-order chi connectivity index (χ0) is 98.3. The molecule has 16 aliphatic rings. The second-order valence-corrected chi connectivity index (χ2v) is 42.7. The van der Waals surface area contributed by atoms with Gasteiger partial charge in [-0.1, -0.05) is 256 Å². The molecule has 2 aliphatic carbocycles. The van der Waals surface area contributed by atoms with Gasteiger partial charge < -0.3 is 38.4 Å². The van der Waals surface area contributed by atoms with Crippen LogP contribution in [-0.4, -0.2) is 43.7 Å². The minimum Gasteiger partial charge on any atom is -0.503 e. The molecule has 22 aromatic rings. The summed E-state index contributed by atoms with van der Waals surface area (Å²) in [4.78, 5) is 25.8. The van der Waals surface area contributed by atoms with Crippen molar-refractivity contribution in [2.45, 2.75) is 167 Å². The minimum absolute atomic E-state index is 0. The van der Waals surface area contributed by atoms with E-state index >= 15 is 0 Å². The normalized spacial score (nSPS) is 14.8. The Balaban J connectivity index is 0.000000119. The average molecular weight is 2480 g/mol. The van der Waals surface area contributed by atoms with Crippen LogP contribution in [0.3, 0.4) is 0 Å². The van der Waals surface area contributed by atoms with Gasteiger partial charge in [-0.3, -0.25) is 9.67 Å². The number of aryl methyl sites for hydroxylation is 8. The quantitative estimate of drug-likeness (QED) is 0.109. The Morgan fingerprint density at radius 2 is 0.887 bits per heavy atom. The van der Waals surface area contributed by atoms with Crippen LogP contribution in [0.25, 0.3) is 106 Å². The molecule has 0 fully saturated rings. The van der Waals surface area contributed by atoms with Crippen molar-refractivity contribution in [3.05, 3.63) is 516 Å². The molecule has 34 bridgehead atoms. The zero-order valence-corrected chi connectivity index (χ0v) is 91.4. The van der Waals surface area contributed by atoms with E-state index in [1.807, 2.05) is 35.1 Å². The van der Waals surface area contributed by atoms with Crippen molar-refractivity contribution in [3.63, 3.8) is 0 Å². The van der Waals surface area contributed by atoms with Crippen molar-refractivity contribution in [2.24, 2.45) is 0 Å². The van der Waals surface area contributed by atoms with Crippen LogP contribution in [0.1, 0.15) is 200 Å². The molecule has 738 valence electrons. The fourth-order valence-electron chi connectivity index (χ4n) is 24.3. The van der Waals surface area contributed by atoms with Crippen molar-refractivity contribution < 1.29 is 72.7 Å². The maximum absolute atomic E-state index is 6.55. The van der Waals surface area contributed by atoms with Crippen molar-refractivity contribution >= 4 is 49.1 Å². The molecule has 0 amide bonds. The molecular weight excluding hydrogens is 2380 g/mol. The van der Waals surface area contributed by atoms with Gasteiger partial charge in [0.2, 0.25) is 0 Å². The molecule has 11 nitrogen and oxygen atoms in total. The van der Waals surface area contributed by atoms with E-state index in [1.54, 1.807) is 0 Å². The van der Waals surface area contributed by atoms with Crippen LogP contribution in [0.4, 0.5) is 0 Å². The second kappa shape index (κ2) is 39.8. The number of ether oxygens (including phenoxy) is 2. The summed E-state index contributed by atoms with van der Waals surface area (Å²) in [5.74, 6) is 3.27. The van der Waals surface area contributed by atoms with Crippen molar-refractivity contribution in [1.82, 2.24) is 43.7 Å². The van der Waals surface area contributed by atoms with E-state index in [9.17, 15) is 0 Å². The van der Waals surface area contributed by atoms with Gasteiger partial charge in [0.1, 0.15) is 11.5 Å². The first-order valence-electron chi connectivity index (χ1n) is 52.2. The Morgan fingerprint density at radius 3 is 1.56 bits per heavy atom. The average Bonchev–Trinajstić information content (AvgIpc) is 1.46. The van der Waals surface area contributed by atoms with Gasteiger partial charge >= 0.3 is 63.2 Å². The number of imidazole rings is 1. The van der Waals surface area contributed by atoms with Gasteiger partial charge in [0.25, 0.3) is 0 Å². The summed E-state index contributed by atoms with van der Waals surface area (Å²) in [7, 11) is 0. The number of fused-ring (bicyclic) bond motifs is 11. The third kappa shape index (κ3) is 17.8. The Bertz CT molecular complexity index is 9060. The van der Waals surface area contributed by atoms with E-state index in [1.165, 1.54) is 144 Å². The molecule has 0 atom stereocenters. The molecule has 0 spiro atoms. The summed E-state index contributed by atoms with van der Waals surface area (Å²) in [6.45, 7) is 14.0. The molecular formula is C136H107N9O2Pt3.